The first-order valence-electron chi connectivity index (χ1n) is 7.66. The van der Waals surface area contributed by atoms with Crippen LogP contribution in [0.15, 0.2) is 18.3 Å². The number of ether oxygens (including phenoxy) is 1. The lowest BCUT2D eigenvalue weighted by Gasteiger charge is -2.22. The van der Waals surface area contributed by atoms with Gasteiger partial charge in [0.2, 0.25) is 0 Å². The molecule has 6 heteroatoms. The maximum absolute atomic E-state index is 12.2. The molecule has 1 aromatic rings. The van der Waals surface area contributed by atoms with Crippen LogP contribution < -0.4 is 5.32 Å². The summed E-state index contributed by atoms with van der Waals surface area (Å²) >= 11 is 5.74. The normalized spacial score (nSPS) is 27.5. The number of amides is 1. The minimum Gasteiger partial charge on any atom is -0.452 e. The number of hydrogen-bond donors (Lipinski definition) is 1. The Balaban J connectivity index is 1.52. The molecule has 1 heterocycles. The number of carbonyl (C=O) groups is 2. The van der Waals surface area contributed by atoms with Crippen LogP contribution in [0, 0.1) is 17.8 Å². The second kappa shape index (κ2) is 6.24. The summed E-state index contributed by atoms with van der Waals surface area (Å²) in [5, 5.41) is 3.11. The summed E-state index contributed by atoms with van der Waals surface area (Å²) in [6, 6.07) is 3.24. The van der Waals surface area contributed by atoms with Crippen LogP contribution in [0.3, 0.4) is 0 Å². The van der Waals surface area contributed by atoms with E-state index in [9.17, 15) is 9.59 Å². The Bertz CT molecular complexity index is 575. The van der Waals surface area contributed by atoms with E-state index in [1.165, 1.54) is 12.6 Å². The monoisotopic (exact) mass is 322 g/mol. The van der Waals surface area contributed by atoms with Gasteiger partial charge in [0.1, 0.15) is 5.82 Å². The van der Waals surface area contributed by atoms with Crippen LogP contribution >= 0.6 is 11.6 Å². The molecule has 22 heavy (non-hydrogen) atoms. The zero-order valence-electron chi connectivity index (χ0n) is 12.4. The zero-order chi connectivity index (χ0) is 15.7. The van der Waals surface area contributed by atoms with Crippen LogP contribution in [0.25, 0.3) is 0 Å². The first kappa shape index (κ1) is 15.3. The molecule has 2 aliphatic carbocycles. The zero-order valence-corrected chi connectivity index (χ0v) is 13.2. The van der Waals surface area contributed by atoms with Gasteiger partial charge < -0.3 is 10.1 Å². The number of hydrogen-bond acceptors (Lipinski definition) is 4. The lowest BCUT2D eigenvalue weighted by atomic mass is 9.89. The highest BCUT2D eigenvalue weighted by Gasteiger charge is 2.44. The summed E-state index contributed by atoms with van der Waals surface area (Å²) in [7, 11) is 0. The number of fused-ring (bicyclic) bond motifs is 2. The number of esters is 1. The minimum absolute atomic E-state index is 0.0253. The van der Waals surface area contributed by atoms with Crippen LogP contribution in [-0.2, 0) is 14.3 Å². The molecule has 2 saturated carbocycles. The van der Waals surface area contributed by atoms with Crippen LogP contribution in [-0.4, -0.2) is 23.0 Å². The van der Waals surface area contributed by atoms with E-state index in [-0.39, 0.29) is 17.8 Å². The Hall–Kier alpha value is -1.62. The summed E-state index contributed by atoms with van der Waals surface area (Å²) < 4.78 is 5.34. The first-order chi connectivity index (χ1) is 10.5. The van der Waals surface area contributed by atoms with E-state index in [2.05, 4.69) is 10.3 Å². The molecule has 0 radical (unpaired) electrons. The minimum atomic E-state index is -0.830. The van der Waals surface area contributed by atoms with E-state index in [4.69, 9.17) is 16.3 Å². The fourth-order valence-electron chi connectivity index (χ4n) is 3.53. The summed E-state index contributed by atoms with van der Waals surface area (Å²) in [6.07, 6.45) is 5.00. The van der Waals surface area contributed by atoms with Crippen LogP contribution in [0.2, 0.25) is 5.02 Å². The smallest absolute Gasteiger partial charge is 0.309 e. The van der Waals surface area contributed by atoms with E-state index in [0.717, 1.165) is 19.3 Å². The maximum atomic E-state index is 12.2. The van der Waals surface area contributed by atoms with E-state index < -0.39 is 6.10 Å². The number of rotatable bonds is 4. The van der Waals surface area contributed by atoms with E-state index in [1.807, 2.05) is 0 Å². The molecule has 1 N–H and O–H groups in total. The van der Waals surface area contributed by atoms with Gasteiger partial charge in [-0.1, -0.05) is 18.0 Å². The van der Waals surface area contributed by atoms with Crippen molar-refractivity contribution in [2.75, 3.05) is 5.32 Å². The quantitative estimate of drug-likeness (QED) is 0.865. The van der Waals surface area contributed by atoms with Gasteiger partial charge in [-0.3, -0.25) is 9.59 Å². The molecule has 0 aromatic carbocycles. The van der Waals surface area contributed by atoms with Crippen molar-refractivity contribution < 1.29 is 14.3 Å². The molecule has 1 aromatic heterocycles. The Morgan fingerprint density at radius 2 is 2.18 bits per heavy atom. The number of halogens is 1. The highest BCUT2D eigenvalue weighted by atomic mass is 35.5. The van der Waals surface area contributed by atoms with E-state index >= 15 is 0 Å². The third-order valence-corrected chi connectivity index (χ3v) is 4.91. The molecule has 118 valence electrons. The molecule has 0 spiro atoms. The van der Waals surface area contributed by atoms with Crippen molar-refractivity contribution in [2.24, 2.45) is 17.8 Å². The standard InChI is InChI=1S/C16H19ClN2O3/c1-9(15(20)19-14-5-4-12(17)8-18-14)22-16(21)13-7-10-2-3-11(13)6-10/h4-5,8-11,13H,2-3,6-7H2,1H3,(H,18,19,20)/t9-,10-,11-,13+/m0/s1. The highest BCUT2D eigenvalue weighted by molar-refractivity contribution is 6.30. The second-order valence-corrected chi connectivity index (χ2v) is 6.65. The van der Waals surface area contributed by atoms with Gasteiger partial charge in [0.05, 0.1) is 10.9 Å². The van der Waals surface area contributed by atoms with Crippen molar-refractivity contribution in [3.8, 4) is 0 Å². The van der Waals surface area contributed by atoms with Crippen LogP contribution in [0.1, 0.15) is 32.6 Å². The lowest BCUT2D eigenvalue weighted by Crippen LogP contribution is -2.33. The van der Waals surface area contributed by atoms with Crippen molar-refractivity contribution in [2.45, 2.75) is 38.7 Å². The predicted molar refractivity (Wildman–Crippen MR) is 82.4 cm³/mol. The number of carbonyl (C=O) groups excluding carboxylic acids is 2. The Morgan fingerprint density at radius 1 is 1.36 bits per heavy atom. The molecular weight excluding hydrogens is 304 g/mol. The average molecular weight is 323 g/mol. The van der Waals surface area contributed by atoms with Gasteiger partial charge in [-0.15, -0.1) is 0 Å². The Morgan fingerprint density at radius 3 is 2.77 bits per heavy atom. The number of anilines is 1. The Kier molecular flexibility index (Phi) is 4.34. The molecular formula is C16H19ClN2O3. The van der Waals surface area contributed by atoms with Gasteiger partial charge >= 0.3 is 5.97 Å². The van der Waals surface area contributed by atoms with Crippen molar-refractivity contribution in [3.05, 3.63) is 23.4 Å². The second-order valence-electron chi connectivity index (χ2n) is 6.21. The molecule has 0 unspecified atom stereocenters. The molecule has 2 fully saturated rings. The predicted octanol–water partition coefficient (Wildman–Crippen LogP) is 3.04. The summed E-state index contributed by atoms with van der Waals surface area (Å²) in [6.45, 7) is 1.58. The van der Waals surface area contributed by atoms with Gasteiger partial charge in [-0.25, -0.2) is 4.98 Å². The Labute approximate surface area is 134 Å². The number of nitrogens with one attached hydrogen (secondary N) is 1. The fourth-order valence-corrected chi connectivity index (χ4v) is 3.64. The van der Waals surface area contributed by atoms with Crippen molar-refractivity contribution in [3.63, 3.8) is 0 Å². The van der Waals surface area contributed by atoms with Gasteiger partial charge in [0.15, 0.2) is 6.10 Å². The van der Waals surface area contributed by atoms with Gasteiger partial charge in [0, 0.05) is 6.20 Å². The van der Waals surface area contributed by atoms with Gasteiger partial charge in [-0.2, -0.15) is 0 Å². The summed E-state index contributed by atoms with van der Waals surface area (Å²) in [4.78, 5) is 28.2. The molecule has 3 rings (SSSR count). The topological polar surface area (TPSA) is 68.3 Å². The molecule has 0 aliphatic heterocycles. The van der Waals surface area contributed by atoms with Crippen LogP contribution in [0.5, 0.6) is 0 Å². The third kappa shape index (κ3) is 3.24. The summed E-state index contributed by atoms with van der Waals surface area (Å²) in [5.41, 5.74) is 0. The third-order valence-electron chi connectivity index (χ3n) is 4.68. The van der Waals surface area contributed by atoms with E-state index in [1.54, 1.807) is 19.1 Å². The van der Waals surface area contributed by atoms with E-state index in [0.29, 0.717) is 22.7 Å². The molecule has 4 atom stereocenters. The van der Waals surface area contributed by atoms with Crippen molar-refractivity contribution in [1.29, 1.82) is 0 Å². The number of aromatic nitrogens is 1. The number of nitrogens with zero attached hydrogens (tertiary/aromatic N) is 1. The molecule has 1 amide bonds. The van der Waals surface area contributed by atoms with Crippen LogP contribution in [0.4, 0.5) is 5.82 Å². The fraction of sp³-hybridized carbons (Fsp3) is 0.562. The largest absolute Gasteiger partial charge is 0.452 e. The highest BCUT2D eigenvalue weighted by Crippen LogP contribution is 2.48. The van der Waals surface area contributed by atoms with Gasteiger partial charge in [-0.05, 0) is 50.2 Å². The van der Waals surface area contributed by atoms with Crippen molar-refractivity contribution in [1.82, 2.24) is 4.98 Å². The molecule has 2 aliphatic rings. The average Bonchev–Trinajstić information content (AvgIpc) is 3.12. The van der Waals surface area contributed by atoms with Gasteiger partial charge in [0.25, 0.3) is 5.91 Å². The van der Waals surface area contributed by atoms with Crippen molar-refractivity contribution >= 4 is 29.3 Å². The maximum Gasteiger partial charge on any atom is 0.309 e. The lowest BCUT2D eigenvalue weighted by molar-refractivity contribution is -0.158. The SMILES string of the molecule is C[C@H](OC(=O)[C@@H]1C[C@H]2CC[C@H]1C2)C(=O)Nc1ccc(Cl)cn1. The molecule has 0 saturated heterocycles. The molecule has 2 bridgehead atoms. The number of pyridine rings is 1. The summed E-state index contributed by atoms with van der Waals surface area (Å²) in [5.74, 6) is 0.862. The first-order valence-corrected chi connectivity index (χ1v) is 8.03. The molecule has 5 nitrogen and oxygen atoms in total.